The summed E-state index contributed by atoms with van der Waals surface area (Å²) in [7, 11) is 0. The van der Waals surface area contributed by atoms with Gasteiger partial charge in [-0.15, -0.1) is 0 Å². The first-order valence-corrected chi connectivity index (χ1v) is 5.97. The molecule has 5 heteroatoms. The molecule has 1 aromatic carbocycles. The first kappa shape index (κ1) is 16.9. The average molecular weight is 320 g/mol. The fourth-order valence-corrected chi connectivity index (χ4v) is 1.71. The minimum absolute atomic E-state index is 0. The van der Waals surface area contributed by atoms with Crippen molar-refractivity contribution >= 4 is 22.0 Å². The summed E-state index contributed by atoms with van der Waals surface area (Å²) < 4.78 is 18.8. The van der Waals surface area contributed by atoms with Crippen LogP contribution in [0.5, 0.6) is 0 Å². The molecule has 0 aliphatic heterocycles. The number of alkyl carbamates (subject to hydrolysis) is 1. The van der Waals surface area contributed by atoms with Crippen LogP contribution < -0.4 is 5.32 Å². The highest BCUT2D eigenvalue weighted by Crippen LogP contribution is 2.15. The van der Waals surface area contributed by atoms with Crippen molar-refractivity contribution in [2.45, 2.75) is 40.3 Å². The van der Waals surface area contributed by atoms with E-state index >= 15 is 0 Å². The van der Waals surface area contributed by atoms with Crippen LogP contribution in [-0.2, 0) is 11.3 Å². The van der Waals surface area contributed by atoms with Gasteiger partial charge in [-0.25, -0.2) is 9.18 Å². The second-order valence-electron chi connectivity index (χ2n) is 4.63. The van der Waals surface area contributed by atoms with E-state index in [1.165, 1.54) is 12.1 Å². The van der Waals surface area contributed by atoms with Gasteiger partial charge >= 0.3 is 6.09 Å². The summed E-state index contributed by atoms with van der Waals surface area (Å²) in [5, 5.41) is 2.56. The van der Waals surface area contributed by atoms with E-state index in [4.69, 9.17) is 4.74 Å². The molecule has 0 saturated carbocycles. The second kappa shape index (κ2) is 6.73. The molecular formula is C13H19BrFNO2. The molecule has 0 aliphatic rings. The number of nitrogens with one attached hydrogen (secondary N) is 1. The summed E-state index contributed by atoms with van der Waals surface area (Å²) in [5.74, 6) is -0.347. The largest absolute Gasteiger partial charge is 0.444 e. The van der Waals surface area contributed by atoms with Crippen LogP contribution in [0.3, 0.4) is 0 Å². The Bertz CT molecular complexity index is 396. The van der Waals surface area contributed by atoms with Crippen molar-refractivity contribution in [3.05, 3.63) is 34.1 Å². The number of hydrogen-bond donors (Lipinski definition) is 1. The summed E-state index contributed by atoms with van der Waals surface area (Å²) in [4.78, 5) is 11.4. The Labute approximate surface area is 116 Å². The number of ether oxygens (including phenoxy) is 1. The summed E-state index contributed by atoms with van der Waals surface area (Å²) >= 11 is 3.18. The van der Waals surface area contributed by atoms with Gasteiger partial charge in [0.1, 0.15) is 11.4 Å². The van der Waals surface area contributed by atoms with Crippen molar-refractivity contribution in [1.82, 2.24) is 5.32 Å². The molecule has 0 heterocycles. The van der Waals surface area contributed by atoms with E-state index in [1.54, 1.807) is 26.8 Å². The zero-order valence-electron chi connectivity index (χ0n) is 10.0. The predicted molar refractivity (Wildman–Crippen MR) is 73.9 cm³/mol. The Balaban J connectivity index is 0.00000289. The van der Waals surface area contributed by atoms with Gasteiger partial charge in [0.15, 0.2) is 0 Å². The van der Waals surface area contributed by atoms with E-state index in [0.29, 0.717) is 10.0 Å². The number of carbonyl (C=O) groups excluding carboxylic acids is 1. The van der Waals surface area contributed by atoms with E-state index in [2.05, 4.69) is 21.2 Å². The smallest absolute Gasteiger partial charge is 0.407 e. The van der Waals surface area contributed by atoms with E-state index in [9.17, 15) is 9.18 Å². The molecule has 3 nitrogen and oxygen atoms in total. The van der Waals surface area contributed by atoms with E-state index < -0.39 is 11.7 Å². The van der Waals surface area contributed by atoms with Gasteiger partial charge in [0, 0.05) is 11.0 Å². The van der Waals surface area contributed by atoms with Gasteiger partial charge in [0.2, 0.25) is 0 Å². The first-order chi connectivity index (χ1) is 7.76. The Morgan fingerprint density at radius 1 is 1.39 bits per heavy atom. The highest BCUT2D eigenvalue weighted by atomic mass is 79.9. The fourth-order valence-electron chi connectivity index (χ4n) is 1.20. The summed E-state index contributed by atoms with van der Waals surface area (Å²) in [6, 6.07) is 4.46. The summed E-state index contributed by atoms with van der Waals surface area (Å²) in [6.07, 6.45) is -0.516. The zero-order valence-corrected chi connectivity index (χ0v) is 11.6. The molecule has 102 valence electrons. The predicted octanol–water partition coefficient (Wildman–Crippen LogP) is 4.25. The number of rotatable bonds is 2. The normalized spacial score (nSPS) is 10.5. The number of carbonyl (C=O) groups is 1. The Morgan fingerprint density at radius 2 is 2.00 bits per heavy atom. The lowest BCUT2D eigenvalue weighted by Gasteiger charge is -2.19. The lowest BCUT2D eigenvalue weighted by atomic mass is 10.2. The maximum atomic E-state index is 13.0. The first-order valence-electron chi connectivity index (χ1n) is 5.18. The number of amides is 1. The van der Waals surface area contributed by atoms with Gasteiger partial charge < -0.3 is 10.1 Å². The van der Waals surface area contributed by atoms with Crippen LogP contribution in [0.25, 0.3) is 0 Å². The van der Waals surface area contributed by atoms with Crippen molar-refractivity contribution in [3.63, 3.8) is 0 Å². The molecule has 0 spiro atoms. The van der Waals surface area contributed by atoms with Gasteiger partial charge in [0.05, 0.1) is 0 Å². The summed E-state index contributed by atoms with van der Waals surface area (Å²) in [5.41, 5.74) is 0.134. The molecule has 1 rings (SSSR count). The van der Waals surface area contributed by atoms with Crippen LogP contribution >= 0.6 is 15.9 Å². The number of benzene rings is 1. The number of hydrogen-bond acceptors (Lipinski definition) is 2. The van der Waals surface area contributed by atoms with Crippen molar-refractivity contribution in [1.29, 1.82) is 0 Å². The third-order valence-electron chi connectivity index (χ3n) is 1.76. The van der Waals surface area contributed by atoms with Crippen LogP contribution in [0.4, 0.5) is 9.18 Å². The van der Waals surface area contributed by atoms with Gasteiger partial charge in [-0.05, 0) is 44.5 Å². The van der Waals surface area contributed by atoms with Crippen molar-refractivity contribution in [2.24, 2.45) is 0 Å². The van der Waals surface area contributed by atoms with Gasteiger partial charge in [-0.3, -0.25) is 0 Å². The molecular weight excluding hydrogens is 301 g/mol. The maximum absolute atomic E-state index is 13.0. The highest BCUT2D eigenvalue weighted by molar-refractivity contribution is 9.10. The molecule has 0 atom stereocenters. The topological polar surface area (TPSA) is 38.3 Å². The third kappa shape index (κ3) is 6.59. The van der Waals surface area contributed by atoms with Crippen molar-refractivity contribution < 1.29 is 13.9 Å². The lowest BCUT2D eigenvalue weighted by Crippen LogP contribution is -2.32. The second-order valence-corrected chi connectivity index (χ2v) is 5.55. The molecule has 1 amide bonds. The molecule has 0 radical (unpaired) electrons. The minimum Gasteiger partial charge on any atom is -0.444 e. The average Bonchev–Trinajstić information content (AvgIpc) is 2.10. The highest BCUT2D eigenvalue weighted by Gasteiger charge is 2.15. The molecule has 1 N–H and O–H groups in total. The van der Waals surface area contributed by atoms with Crippen LogP contribution in [-0.4, -0.2) is 11.7 Å². The number of halogens is 2. The molecule has 0 aromatic heterocycles. The Kier molecular flexibility index (Phi) is 6.32. The molecule has 0 bridgehead atoms. The van der Waals surface area contributed by atoms with E-state index in [1.807, 2.05) is 0 Å². The SMILES string of the molecule is C.CC(C)(C)OC(=O)NCc1cc(F)cc(Br)c1. The molecule has 0 fully saturated rings. The van der Waals surface area contributed by atoms with E-state index in [0.717, 1.165) is 0 Å². The van der Waals surface area contributed by atoms with Crippen LogP contribution in [0.15, 0.2) is 22.7 Å². The fraction of sp³-hybridized carbons (Fsp3) is 0.462. The quantitative estimate of drug-likeness (QED) is 0.885. The van der Waals surface area contributed by atoms with Gasteiger partial charge in [0.25, 0.3) is 0 Å². The maximum Gasteiger partial charge on any atom is 0.407 e. The zero-order chi connectivity index (χ0) is 13.1. The molecule has 18 heavy (non-hydrogen) atoms. The molecule has 0 aliphatic carbocycles. The van der Waals surface area contributed by atoms with Crippen LogP contribution in [0.2, 0.25) is 0 Å². The van der Waals surface area contributed by atoms with Crippen molar-refractivity contribution in [3.8, 4) is 0 Å². The standard InChI is InChI=1S/C12H15BrFNO2.CH4/c1-12(2,3)17-11(16)15-7-8-4-9(13)6-10(14)5-8;/h4-6H,7H2,1-3H3,(H,15,16);1H4. The third-order valence-corrected chi connectivity index (χ3v) is 2.22. The summed E-state index contributed by atoms with van der Waals surface area (Å²) in [6.45, 7) is 5.58. The van der Waals surface area contributed by atoms with Crippen molar-refractivity contribution in [2.75, 3.05) is 0 Å². The molecule has 0 saturated heterocycles. The monoisotopic (exact) mass is 319 g/mol. The Morgan fingerprint density at radius 3 is 2.50 bits per heavy atom. The Hall–Kier alpha value is -1.10. The lowest BCUT2D eigenvalue weighted by molar-refractivity contribution is 0.0523. The van der Waals surface area contributed by atoms with Gasteiger partial charge in [-0.2, -0.15) is 0 Å². The molecule has 0 unspecified atom stereocenters. The molecule has 1 aromatic rings. The van der Waals surface area contributed by atoms with Crippen LogP contribution in [0, 0.1) is 5.82 Å². The van der Waals surface area contributed by atoms with E-state index in [-0.39, 0.29) is 19.8 Å². The minimum atomic E-state index is -0.535. The van der Waals surface area contributed by atoms with Gasteiger partial charge in [-0.1, -0.05) is 23.4 Å². The van der Waals surface area contributed by atoms with Crippen LogP contribution in [0.1, 0.15) is 33.8 Å².